The average molecular weight is 317 g/mol. The first-order valence-electron chi connectivity index (χ1n) is 5.20. The molecule has 0 aromatic heterocycles. The number of benzene rings is 1. The summed E-state index contributed by atoms with van der Waals surface area (Å²) in [5, 5.41) is 2.98. The third-order valence-electron chi connectivity index (χ3n) is 2.21. The van der Waals surface area contributed by atoms with E-state index in [1.54, 1.807) is 0 Å². The second kappa shape index (κ2) is 6.10. The lowest BCUT2D eigenvalue weighted by Gasteiger charge is -2.12. The SMILES string of the molecule is CCC[C@H](C)NC(=O)c1ccc(I)cc1. The Bertz CT molecular complexity index is 321. The van der Waals surface area contributed by atoms with Crippen molar-refractivity contribution in [3.05, 3.63) is 33.4 Å². The van der Waals surface area contributed by atoms with Gasteiger partial charge in [0, 0.05) is 15.2 Å². The molecule has 0 bridgehead atoms. The van der Waals surface area contributed by atoms with E-state index in [2.05, 4.69) is 34.8 Å². The Kier molecular flexibility index (Phi) is 5.08. The smallest absolute Gasteiger partial charge is 0.251 e. The molecule has 1 rings (SSSR count). The van der Waals surface area contributed by atoms with Gasteiger partial charge in [-0.15, -0.1) is 0 Å². The van der Waals surface area contributed by atoms with Gasteiger partial charge in [0.05, 0.1) is 0 Å². The van der Waals surface area contributed by atoms with Crippen LogP contribution in [0.1, 0.15) is 37.0 Å². The molecule has 1 N–H and O–H groups in total. The van der Waals surface area contributed by atoms with Crippen LogP contribution in [0.15, 0.2) is 24.3 Å². The minimum atomic E-state index is 0.0207. The predicted molar refractivity (Wildman–Crippen MR) is 71.0 cm³/mol. The van der Waals surface area contributed by atoms with Crippen LogP contribution in [0.2, 0.25) is 0 Å². The van der Waals surface area contributed by atoms with Crippen molar-refractivity contribution < 1.29 is 4.79 Å². The van der Waals surface area contributed by atoms with E-state index >= 15 is 0 Å². The summed E-state index contributed by atoms with van der Waals surface area (Å²) in [6, 6.07) is 7.85. The van der Waals surface area contributed by atoms with Crippen molar-refractivity contribution in [1.82, 2.24) is 5.32 Å². The van der Waals surface area contributed by atoms with E-state index in [0.29, 0.717) is 0 Å². The first kappa shape index (κ1) is 12.5. The zero-order valence-corrected chi connectivity index (χ0v) is 11.2. The fourth-order valence-electron chi connectivity index (χ4n) is 1.41. The van der Waals surface area contributed by atoms with Crippen LogP contribution in [0.4, 0.5) is 0 Å². The normalized spacial score (nSPS) is 12.2. The van der Waals surface area contributed by atoms with Crippen molar-refractivity contribution in [1.29, 1.82) is 0 Å². The molecule has 1 aromatic carbocycles. The summed E-state index contributed by atoms with van der Waals surface area (Å²) in [7, 11) is 0. The maximum Gasteiger partial charge on any atom is 0.251 e. The highest BCUT2D eigenvalue weighted by Crippen LogP contribution is 2.07. The Morgan fingerprint density at radius 3 is 2.53 bits per heavy atom. The Morgan fingerprint density at radius 1 is 1.40 bits per heavy atom. The highest BCUT2D eigenvalue weighted by Gasteiger charge is 2.08. The number of hydrogen-bond acceptors (Lipinski definition) is 1. The molecule has 0 radical (unpaired) electrons. The molecule has 0 heterocycles. The standard InChI is InChI=1S/C12H16INO/c1-3-4-9(2)14-12(15)10-5-7-11(13)8-6-10/h5-9H,3-4H2,1-2H3,(H,14,15)/t9-/m0/s1. The van der Waals surface area contributed by atoms with E-state index in [1.807, 2.05) is 31.2 Å². The fraction of sp³-hybridized carbons (Fsp3) is 0.417. The monoisotopic (exact) mass is 317 g/mol. The van der Waals surface area contributed by atoms with Gasteiger partial charge in [0.15, 0.2) is 0 Å². The van der Waals surface area contributed by atoms with Crippen LogP contribution in [0.5, 0.6) is 0 Å². The summed E-state index contributed by atoms with van der Waals surface area (Å²) >= 11 is 2.23. The highest BCUT2D eigenvalue weighted by atomic mass is 127. The largest absolute Gasteiger partial charge is 0.350 e. The highest BCUT2D eigenvalue weighted by molar-refractivity contribution is 14.1. The molecule has 0 saturated heterocycles. The first-order valence-corrected chi connectivity index (χ1v) is 6.27. The zero-order chi connectivity index (χ0) is 11.3. The Hall–Kier alpha value is -0.580. The second-order valence-corrected chi connectivity index (χ2v) is 4.92. The zero-order valence-electron chi connectivity index (χ0n) is 9.09. The van der Waals surface area contributed by atoms with Gasteiger partial charge in [-0.1, -0.05) is 13.3 Å². The molecular weight excluding hydrogens is 301 g/mol. The lowest BCUT2D eigenvalue weighted by atomic mass is 10.1. The Balaban J connectivity index is 2.57. The van der Waals surface area contributed by atoms with Crippen LogP contribution in [-0.4, -0.2) is 11.9 Å². The van der Waals surface area contributed by atoms with Gasteiger partial charge in [-0.05, 0) is 60.2 Å². The van der Waals surface area contributed by atoms with Crippen LogP contribution < -0.4 is 5.32 Å². The van der Waals surface area contributed by atoms with E-state index in [0.717, 1.165) is 22.0 Å². The van der Waals surface area contributed by atoms with Crippen molar-refractivity contribution in [2.45, 2.75) is 32.7 Å². The molecule has 0 spiro atoms. The van der Waals surface area contributed by atoms with Crippen molar-refractivity contribution >= 4 is 28.5 Å². The van der Waals surface area contributed by atoms with Gasteiger partial charge >= 0.3 is 0 Å². The first-order chi connectivity index (χ1) is 7.13. The number of hydrogen-bond donors (Lipinski definition) is 1. The van der Waals surface area contributed by atoms with Gasteiger partial charge < -0.3 is 5.32 Å². The van der Waals surface area contributed by atoms with Crippen LogP contribution in [0.25, 0.3) is 0 Å². The van der Waals surface area contributed by atoms with Crippen molar-refractivity contribution in [3.63, 3.8) is 0 Å². The molecule has 3 heteroatoms. The lowest BCUT2D eigenvalue weighted by molar-refractivity contribution is 0.0938. The Morgan fingerprint density at radius 2 is 2.00 bits per heavy atom. The molecule has 1 atom stereocenters. The fourth-order valence-corrected chi connectivity index (χ4v) is 1.77. The molecular formula is C12H16INO. The summed E-state index contributed by atoms with van der Waals surface area (Å²) in [6.07, 6.45) is 2.12. The minimum absolute atomic E-state index is 0.0207. The molecule has 82 valence electrons. The third-order valence-corrected chi connectivity index (χ3v) is 2.92. The van der Waals surface area contributed by atoms with E-state index in [-0.39, 0.29) is 11.9 Å². The van der Waals surface area contributed by atoms with Crippen LogP contribution in [-0.2, 0) is 0 Å². The third kappa shape index (κ3) is 4.20. The van der Waals surface area contributed by atoms with Gasteiger partial charge in [0.1, 0.15) is 0 Å². The maximum atomic E-state index is 11.7. The molecule has 1 amide bonds. The maximum absolute atomic E-state index is 11.7. The van der Waals surface area contributed by atoms with E-state index < -0.39 is 0 Å². The van der Waals surface area contributed by atoms with E-state index in [9.17, 15) is 4.79 Å². The number of amides is 1. The summed E-state index contributed by atoms with van der Waals surface area (Å²) in [6.45, 7) is 4.15. The topological polar surface area (TPSA) is 29.1 Å². The van der Waals surface area contributed by atoms with Crippen LogP contribution >= 0.6 is 22.6 Å². The number of rotatable bonds is 4. The predicted octanol–water partition coefficient (Wildman–Crippen LogP) is 3.21. The molecule has 0 unspecified atom stereocenters. The molecule has 0 aliphatic rings. The number of halogens is 1. The Labute approximate surface area is 105 Å². The van der Waals surface area contributed by atoms with Gasteiger partial charge in [-0.25, -0.2) is 0 Å². The van der Waals surface area contributed by atoms with Crippen molar-refractivity contribution in [3.8, 4) is 0 Å². The number of carbonyl (C=O) groups is 1. The van der Waals surface area contributed by atoms with Crippen molar-refractivity contribution in [2.75, 3.05) is 0 Å². The molecule has 0 aliphatic carbocycles. The molecule has 2 nitrogen and oxygen atoms in total. The van der Waals surface area contributed by atoms with E-state index in [1.165, 1.54) is 0 Å². The van der Waals surface area contributed by atoms with Crippen molar-refractivity contribution in [2.24, 2.45) is 0 Å². The quantitative estimate of drug-likeness (QED) is 0.849. The average Bonchev–Trinajstić information content (AvgIpc) is 2.18. The van der Waals surface area contributed by atoms with Crippen LogP contribution in [0, 0.1) is 3.57 Å². The van der Waals surface area contributed by atoms with Gasteiger partial charge in [0.2, 0.25) is 0 Å². The minimum Gasteiger partial charge on any atom is -0.350 e. The summed E-state index contributed by atoms with van der Waals surface area (Å²) in [5.41, 5.74) is 0.735. The van der Waals surface area contributed by atoms with Gasteiger partial charge in [-0.2, -0.15) is 0 Å². The summed E-state index contributed by atoms with van der Waals surface area (Å²) in [5.74, 6) is 0.0207. The molecule has 1 aromatic rings. The number of nitrogens with one attached hydrogen (secondary N) is 1. The van der Waals surface area contributed by atoms with E-state index in [4.69, 9.17) is 0 Å². The summed E-state index contributed by atoms with van der Waals surface area (Å²) in [4.78, 5) is 11.7. The van der Waals surface area contributed by atoms with Gasteiger partial charge in [-0.3, -0.25) is 4.79 Å². The summed E-state index contributed by atoms with van der Waals surface area (Å²) < 4.78 is 1.14. The van der Waals surface area contributed by atoms with Gasteiger partial charge in [0.25, 0.3) is 5.91 Å². The molecule has 0 saturated carbocycles. The molecule has 0 fully saturated rings. The molecule has 0 aliphatic heterocycles. The number of carbonyl (C=O) groups excluding carboxylic acids is 1. The molecule has 15 heavy (non-hydrogen) atoms. The second-order valence-electron chi connectivity index (χ2n) is 3.67. The lowest BCUT2D eigenvalue weighted by Crippen LogP contribution is -2.32. The van der Waals surface area contributed by atoms with Crippen LogP contribution in [0.3, 0.4) is 0 Å².